The Morgan fingerprint density at radius 2 is 2.00 bits per heavy atom. The zero-order valence-corrected chi connectivity index (χ0v) is 10.1. The van der Waals surface area contributed by atoms with Crippen LogP contribution >= 0.6 is 0 Å². The standard InChI is InChI=1S/C13H18O4/c1-3-17-12(15)13(2,16)11(14)9-10-7-5-4-6-8-10/h4-8,11,14,16H,3,9H2,1-2H3/t11-,13+/m1/s1. The molecule has 0 spiro atoms. The topological polar surface area (TPSA) is 66.8 Å². The number of esters is 1. The fraction of sp³-hybridized carbons (Fsp3) is 0.462. The van der Waals surface area contributed by atoms with Crippen molar-refractivity contribution in [1.82, 2.24) is 0 Å². The predicted octanol–water partition coefficient (Wildman–Crippen LogP) is 0.904. The summed E-state index contributed by atoms with van der Waals surface area (Å²) in [5, 5.41) is 19.8. The third kappa shape index (κ3) is 3.54. The number of aliphatic hydroxyl groups is 2. The van der Waals surface area contributed by atoms with E-state index in [-0.39, 0.29) is 13.0 Å². The maximum atomic E-state index is 11.5. The first-order chi connectivity index (χ1) is 7.98. The van der Waals surface area contributed by atoms with Crippen molar-refractivity contribution < 1.29 is 19.7 Å². The van der Waals surface area contributed by atoms with Crippen molar-refractivity contribution in [3.8, 4) is 0 Å². The Labute approximate surface area is 101 Å². The Bertz CT molecular complexity index is 359. The third-order valence-electron chi connectivity index (χ3n) is 2.61. The molecule has 0 bridgehead atoms. The SMILES string of the molecule is CCOC(=O)[C@@](C)(O)[C@H](O)Cc1ccccc1. The number of hydrogen-bond donors (Lipinski definition) is 2. The molecule has 0 fully saturated rings. The van der Waals surface area contributed by atoms with E-state index in [9.17, 15) is 15.0 Å². The van der Waals surface area contributed by atoms with Crippen molar-refractivity contribution in [2.45, 2.75) is 32.0 Å². The molecule has 0 aliphatic carbocycles. The molecule has 0 heterocycles. The molecule has 0 saturated carbocycles. The largest absolute Gasteiger partial charge is 0.464 e. The second-order valence-electron chi connectivity index (χ2n) is 4.07. The van der Waals surface area contributed by atoms with Gasteiger partial charge in [-0.25, -0.2) is 4.79 Å². The van der Waals surface area contributed by atoms with E-state index in [1.807, 2.05) is 30.3 Å². The average molecular weight is 238 g/mol. The first kappa shape index (κ1) is 13.7. The summed E-state index contributed by atoms with van der Waals surface area (Å²) in [5.41, 5.74) is -1.03. The number of ether oxygens (including phenoxy) is 1. The fourth-order valence-electron chi connectivity index (χ4n) is 1.45. The first-order valence-corrected chi connectivity index (χ1v) is 5.60. The Hall–Kier alpha value is -1.39. The lowest BCUT2D eigenvalue weighted by atomic mass is 9.93. The monoisotopic (exact) mass is 238 g/mol. The van der Waals surface area contributed by atoms with Crippen LogP contribution < -0.4 is 0 Å². The zero-order valence-electron chi connectivity index (χ0n) is 10.1. The summed E-state index contributed by atoms with van der Waals surface area (Å²) in [7, 11) is 0. The summed E-state index contributed by atoms with van der Waals surface area (Å²) in [6, 6.07) is 9.18. The van der Waals surface area contributed by atoms with E-state index in [2.05, 4.69) is 0 Å². The molecule has 0 amide bonds. The van der Waals surface area contributed by atoms with Gasteiger partial charge in [0.2, 0.25) is 0 Å². The van der Waals surface area contributed by atoms with Crippen LogP contribution in [0.3, 0.4) is 0 Å². The maximum absolute atomic E-state index is 11.5. The van der Waals surface area contributed by atoms with Gasteiger partial charge in [-0.1, -0.05) is 30.3 Å². The van der Waals surface area contributed by atoms with Gasteiger partial charge in [0.05, 0.1) is 12.7 Å². The fourth-order valence-corrected chi connectivity index (χ4v) is 1.45. The van der Waals surface area contributed by atoms with E-state index >= 15 is 0 Å². The highest BCUT2D eigenvalue weighted by Gasteiger charge is 2.39. The van der Waals surface area contributed by atoms with Gasteiger partial charge in [0, 0.05) is 6.42 Å². The Morgan fingerprint density at radius 3 is 2.53 bits per heavy atom. The Morgan fingerprint density at radius 1 is 1.41 bits per heavy atom. The lowest BCUT2D eigenvalue weighted by molar-refractivity contribution is -0.174. The quantitative estimate of drug-likeness (QED) is 0.748. The molecule has 2 atom stereocenters. The second-order valence-corrected chi connectivity index (χ2v) is 4.07. The molecule has 0 aliphatic rings. The molecular weight excluding hydrogens is 220 g/mol. The van der Waals surface area contributed by atoms with Gasteiger partial charge in [-0.3, -0.25) is 0 Å². The van der Waals surface area contributed by atoms with Crippen LogP contribution in [0, 0.1) is 0 Å². The highest BCUT2D eigenvalue weighted by atomic mass is 16.6. The summed E-state index contributed by atoms with van der Waals surface area (Å²) < 4.78 is 4.72. The van der Waals surface area contributed by atoms with Gasteiger partial charge in [0.1, 0.15) is 0 Å². The van der Waals surface area contributed by atoms with E-state index in [0.29, 0.717) is 0 Å². The van der Waals surface area contributed by atoms with Crippen LogP contribution in [0.1, 0.15) is 19.4 Å². The summed E-state index contributed by atoms with van der Waals surface area (Å²) in [6.07, 6.45) is -0.990. The third-order valence-corrected chi connectivity index (χ3v) is 2.61. The lowest BCUT2D eigenvalue weighted by Gasteiger charge is -2.26. The average Bonchev–Trinajstić information content (AvgIpc) is 2.30. The number of carbonyl (C=O) groups is 1. The molecule has 0 saturated heterocycles. The molecule has 17 heavy (non-hydrogen) atoms. The lowest BCUT2D eigenvalue weighted by Crippen LogP contribution is -2.48. The van der Waals surface area contributed by atoms with Crippen LogP contribution in [0.15, 0.2) is 30.3 Å². The summed E-state index contributed by atoms with van der Waals surface area (Å²) in [4.78, 5) is 11.5. The molecule has 1 rings (SSSR count). The molecule has 0 radical (unpaired) electrons. The molecular formula is C13H18O4. The Balaban J connectivity index is 2.69. The van der Waals surface area contributed by atoms with Gasteiger partial charge in [-0.05, 0) is 19.4 Å². The molecule has 94 valence electrons. The maximum Gasteiger partial charge on any atom is 0.340 e. The van der Waals surface area contributed by atoms with Crippen molar-refractivity contribution in [3.05, 3.63) is 35.9 Å². The van der Waals surface area contributed by atoms with Crippen LogP contribution in [0.25, 0.3) is 0 Å². The molecule has 0 unspecified atom stereocenters. The summed E-state index contributed by atoms with van der Waals surface area (Å²) in [6.45, 7) is 3.09. The number of benzene rings is 1. The van der Waals surface area contributed by atoms with Crippen molar-refractivity contribution in [2.24, 2.45) is 0 Å². The minimum atomic E-state index is -1.88. The van der Waals surface area contributed by atoms with E-state index in [4.69, 9.17) is 4.74 Å². The van der Waals surface area contributed by atoms with Crippen LogP contribution in [-0.2, 0) is 16.0 Å². The second kappa shape index (κ2) is 5.80. The van der Waals surface area contributed by atoms with Crippen molar-refractivity contribution in [2.75, 3.05) is 6.61 Å². The van der Waals surface area contributed by atoms with Crippen molar-refractivity contribution in [1.29, 1.82) is 0 Å². The predicted molar refractivity (Wildman–Crippen MR) is 63.4 cm³/mol. The molecule has 4 heteroatoms. The van der Waals surface area contributed by atoms with Gasteiger partial charge in [-0.15, -0.1) is 0 Å². The van der Waals surface area contributed by atoms with Gasteiger partial charge in [0.25, 0.3) is 0 Å². The van der Waals surface area contributed by atoms with Crippen molar-refractivity contribution >= 4 is 5.97 Å². The highest BCUT2D eigenvalue weighted by Crippen LogP contribution is 2.16. The molecule has 1 aromatic carbocycles. The van der Waals surface area contributed by atoms with Crippen LogP contribution in [0.5, 0.6) is 0 Å². The Kier molecular flexibility index (Phi) is 4.66. The van der Waals surface area contributed by atoms with Crippen LogP contribution in [0.4, 0.5) is 0 Å². The minimum Gasteiger partial charge on any atom is -0.464 e. The molecule has 0 aromatic heterocycles. The number of rotatable bonds is 5. The number of carbonyl (C=O) groups excluding carboxylic acids is 1. The smallest absolute Gasteiger partial charge is 0.340 e. The van der Waals surface area contributed by atoms with E-state index in [1.165, 1.54) is 6.92 Å². The number of aliphatic hydroxyl groups excluding tert-OH is 1. The molecule has 2 N–H and O–H groups in total. The van der Waals surface area contributed by atoms with Gasteiger partial charge < -0.3 is 14.9 Å². The number of hydrogen-bond acceptors (Lipinski definition) is 4. The summed E-state index contributed by atoms with van der Waals surface area (Å²) >= 11 is 0. The summed E-state index contributed by atoms with van der Waals surface area (Å²) in [5.74, 6) is -0.802. The minimum absolute atomic E-state index is 0.174. The zero-order chi connectivity index (χ0) is 12.9. The molecule has 1 aromatic rings. The van der Waals surface area contributed by atoms with Crippen molar-refractivity contribution in [3.63, 3.8) is 0 Å². The van der Waals surface area contributed by atoms with E-state index < -0.39 is 17.7 Å². The first-order valence-electron chi connectivity index (χ1n) is 5.60. The molecule has 0 aliphatic heterocycles. The van der Waals surface area contributed by atoms with Gasteiger partial charge in [-0.2, -0.15) is 0 Å². The van der Waals surface area contributed by atoms with Crippen LogP contribution in [0.2, 0.25) is 0 Å². The van der Waals surface area contributed by atoms with Gasteiger partial charge >= 0.3 is 5.97 Å². The van der Waals surface area contributed by atoms with E-state index in [0.717, 1.165) is 5.56 Å². The highest BCUT2D eigenvalue weighted by molar-refractivity contribution is 5.79. The normalized spacial score (nSPS) is 16.0. The van der Waals surface area contributed by atoms with E-state index in [1.54, 1.807) is 6.92 Å². The van der Waals surface area contributed by atoms with Crippen LogP contribution in [-0.4, -0.2) is 34.5 Å². The van der Waals surface area contributed by atoms with Gasteiger partial charge in [0.15, 0.2) is 5.60 Å². The molecule has 4 nitrogen and oxygen atoms in total.